The maximum Gasteiger partial charge on any atom is 0.254 e. The maximum atomic E-state index is 13.5. The predicted molar refractivity (Wildman–Crippen MR) is 77.0 cm³/mol. The molecule has 6 heteroatoms. The molecule has 0 saturated carbocycles. The van der Waals surface area contributed by atoms with Crippen molar-refractivity contribution in [2.75, 3.05) is 0 Å². The van der Waals surface area contributed by atoms with E-state index in [1.165, 1.54) is 18.3 Å². The lowest BCUT2D eigenvalue weighted by Gasteiger charge is -2.02. The lowest BCUT2D eigenvalue weighted by Crippen LogP contribution is -2.16. The molecule has 0 aliphatic carbocycles. The van der Waals surface area contributed by atoms with Gasteiger partial charge in [-0.05, 0) is 26.0 Å². The first-order valence-corrected chi connectivity index (χ1v) is 6.37. The Morgan fingerprint density at radius 1 is 1.45 bits per heavy atom. The summed E-state index contributed by atoms with van der Waals surface area (Å²) < 4.78 is 13.5. The third-order valence-corrected chi connectivity index (χ3v) is 3.23. The van der Waals surface area contributed by atoms with Crippen LogP contribution < -0.4 is 5.56 Å². The van der Waals surface area contributed by atoms with Crippen molar-refractivity contribution in [3.8, 4) is 0 Å². The van der Waals surface area contributed by atoms with Crippen LogP contribution in [0.4, 0.5) is 4.39 Å². The smallest absolute Gasteiger partial charge is 0.254 e. The van der Waals surface area contributed by atoms with Gasteiger partial charge in [0.05, 0.1) is 11.6 Å². The lowest BCUT2D eigenvalue weighted by molar-refractivity contribution is 0.626. The van der Waals surface area contributed by atoms with Gasteiger partial charge in [0, 0.05) is 23.0 Å². The first-order chi connectivity index (χ1) is 9.49. The first kappa shape index (κ1) is 14.4. The molecule has 20 heavy (non-hydrogen) atoms. The number of benzene rings is 1. The standard InChI is InChI=1S/C14H13ClFN3O/c1-8-9(2)18-13(19-14(8)20)7-17-6-10-11(15)4-3-5-12(10)16/h3-6H,7H2,1-2H3,(H,18,19,20). The Balaban J connectivity index is 2.21. The number of aliphatic imine (C=N–C) groups is 1. The molecule has 1 N–H and O–H groups in total. The predicted octanol–water partition coefficient (Wildman–Crippen LogP) is 2.80. The van der Waals surface area contributed by atoms with Gasteiger partial charge in [-0.2, -0.15) is 0 Å². The summed E-state index contributed by atoms with van der Waals surface area (Å²) in [5, 5.41) is 0.287. The Hall–Kier alpha value is -2.01. The molecule has 1 heterocycles. The van der Waals surface area contributed by atoms with Crippen molar-refractivity contribution < 1.29 is 4.39 Å². The topological polar surface area (TPSA) is 58.1 Å². The Kier molecular flexibility index (Phi) is 4.29. The van der Waals surface area contributed by atoms with Crippen LogP contribution in [-0.2, 0) is 6.54 Å². The van der Waals surface area contributed by atoms with Gasteiger partial charge < -0.3 is 4.98 Å². The number of hydrogen-bond acceptors (Lipinski definition) is 3. The van der Waals surface area contributed by atoms with E-state index in [9.17, 15) is 9.18 Å². The summed E-state index contributed by atoms with van der Waals surface area (Å²) in [6.07, 6.45) is 1.34. The van der Waals surface area contributed by atoms with Gasteiger partial charge in [0.15, 0.2) is 0 Å². The molecule has 1 aromatic heterocycles. The van der Waals surface area contributed by atoms with Crippen LogP contribution >= 0.6 is 11.6 Å². The minimum atomic E-state index is -0.442. The van der Waals surface area contributed by atoms with Crippen LogP contribution in [0.25, 0.3) is 0 Å². The minimum Gasteiger partial charge on any atom is -0.309 e. The van der Waals surface area contributed by atoms with Gasteiger partial charge in [0.2, 0.25) is 0 Å². The van der Waals surface area contributed by atoms with Gasteiger partial charge in [-0.15, -0.1) is 0 Å². The average Bonchev–Trinajstić information content (AvgIpc) is 2.39. The monoisotopic (exact) mass is 293 g/mol. The van der Waals surface area contributed by atoms with E-state index in [0.717, 1.165) is 0 Å². The van der Waals surface area contributed by atoms with Crippen LogP contribution in [-0.4, -0.2) is 16.2 Å². The van der Waals surface area contributed by atoms with E-state index in [0.29, 0.717) is 17.1 Å². The molecule has 0 atom stereocenters. The lowest BCUT2D eigenvalue weighted by atomic mass is 10.2. The number of aryl methyl sites for hydroxylation is 1. The Labute approximate surface area is 120 Å². The first-order valence-electron chi connectivity index (χ1n) is 5.99. The van der Waals surface area contributed by atoms with Crippen LogP contribution in [0.15, 0.2) is 28.0 Å². The number of nitrogens with zero attached hydrogens (tertiary/aromatic N) is 2. The van der Waals surface area contributed by atoms with E-state index in [1.54, 1.807) is 19.9 Å². The highest BCUT2D eigenvalue weighted by atomic mass is 35.5. The van der Waals surface area contributed by atoms with Crippen molar-refractivity contribution in [1.29, 1.82) is 0 Å². The summed E-state index contributed by atoms with van der Waals surface area (Å²) in [4.78, 5) is 22.5. The Morgan fingerprint density at radius 3 is 2.85 bits per heavy atom. The number of rotatable bonds is 3. The molecule has 1 aromatic carbocycles. The van der Waals surface area contributed by atoms with Gasteiger partial charge in [0.25, 0.3) is 5.56 Å². The van der Waals surface area contributed by atoms with Gasteiger partial charge in [-0.3, -0.25) is 9.79 Å². The maximum absolute atomic E-state index is 13.5. The highest BCUT2D eigenvalue weighted by Gasteiger charge is 2.05. The zero-order valence-corrected chi connectivity index (χ0v) is 11.8. The fraction of sp³-hybridized carbons (Fsp3) is 0.214. The fourth-order valence-corrected chi connectivity index (χ4v) is 1.85. The zero-order valence-electron chi connectivity index (χ0n) is 11.1. The fourth-order valence-electron chi connectivity index (χ4n) is 1.64. The highest BCUT2D eigenvalue weighted by Crippen LogP contribution is 2.16. The van der Waals surface area contributed by atoms with Crippen molar-refractivity contribution in [1.82, 2.24) is 9.97 Å². The SMILES string of the molecule is Cc1nc(CN=Cc2c(F)cccc2Cl)[nH]c(=O)c1C. The quantitative estimate of drug-likeness (QED) is 0.885. The molecule has 2 rings (SSSR count). The summed E-state index contributed by atoms with van der Waals surface area (Å²) in [6.45, 7) is 3.61. The van der Waals surface area contributed by atoms with E-state index in [1.807, 2.05) is 0 Å². The van der Waals surface area contributed by atoms with Crippen molar-refractivity contribution in [2.24, 2.45) is 4.99 Å². The summed E-state index contributed by atoms with van der Waals surface area (Å²) in [5.41, 5.74) is 1.27. The third kappa shape index (κ3) is 3.11. The molecular formula is C14H13ClFN3O. The molecule has 4 nitrogen and oxygen atoms in total. The van der Waals surface area contributed by atoms with E-state index >= 15 is 0 Å². The van der Waals surface area contributed by atoms with Crippen LogP contribution in [0.1, 0.15) is 22.6 Å². The number of H-pyrrole nitrogens is 1. The molecule has 0 radical (unpaired) electrons. The number of hydrogen-bond donors (Lipinski definition) is 1. The van der Waals surface area contributed by atoms with Crippen molar-refractivity contribution in [2.45, 2.75) is 20.4 Å². The molecule has 104 valence electrons. The number of nitrogens with one attached hydrogen (secondary N) is 1. The Bertz CT molecular complexity index is 705. The molecule has 0 amide bonds. The second-order valence-corrected chi connectivity index (χ2v) is 4.74. The number of aromatic nitrogens is 2. The van der Waals surface area contributed by atoms with Gasteiger partial charge in [-0.25, -0.2) is 9.37 Å². The third-order valence-electron chi connectivity index (χ3n) is 2.90. The molecule has 0 bridgehead atoms. The van der Waals surface area contributed by atoms with Crippen LogP contribution in [0.5, 0.6) is 0 Å². The normalized spacial score (nSPS) is 11.2. The van der Waals surface area contributed by atoms with E-state index in [-0.39, 0.29) is 22.7 Å². The van der Waals surface area contributed by atoms with Crippen LogP contribution in [0.3, 0.4) is 0 Å². The van der Waals surface area contributed by atoms with E-state index < -0.39 is 5.82 Å². The van der Waals surface area contributed by atoms with Crippen molar-refractivity contribution in [3.05, 3.63) is 62.0 Å². The summed E-state index contributed by atoms with van der Waals surface area (Å²) in [5.74, 6) is -0.00963. The van der Waals surface area contributed by atoms with Crippen molar-refractivity contribution >= 4 is 17.8 Å². The number of aromatic amines is 1. The van der Waals surface area contributed by atoms with Gasteiger partial charge in [0.1, 0.15) is 11.6 Å². The summed E-state index contributed by atoms with van der Waals surface area (Å²) in [6, 6.07) is 4.42. The molecule has 0 fully saturated rings. The van der Waals surface area contributed by atoms with Gasteiger partial charge >= 0.3 is 0 Å². The zero-order chi connectivity index (χ0) is 14.7. The summed E-state index contributed by atoms with van der Waals surface area (Å²) in [7, 11) is 0. The molecule has 2 aromatic rings. The second kappa shape index (κ2) is 5.96. The van der Waals surface area contributed by atoms with Crippen LogP contribution in [0, 0.1) is 19.7 Å². The second-order valence-electron chi connectivity index (χ2n) is 4.33. The molecule has 0 spiro atoms. The molecule has 0 saturated heterocycles. The highest BCUT2D eigenvalue weighted by molar-refractivity contribution is 6.33. The van der Waals surface area contributed by atoms with Crippen LogP contribution in [0.2, 0.25) is 5.02 Å². The van der Waals surface area contributed by atoms with E-state index in [4.69, 9.17) is 11.6 Å². The molecule has 0 aliphatic heterocycles. The molecular weight excluding hydrogens is 281 g/mol. The van der Waals surface area contributed by atoms with Gasteiger partial charge in [-0.1, -0.05) is 17.7 Å². The summed E-state index contributed by atoms with van der Waals surface area (Å²) >= 11 is 5.88. The Morgan fingerprint density at radius 2 is 2.20 bits per heavy atom. The average molecular weight is 294 g/mol. The minimum absolute atomic E-state index is 0.154. The van der Waals surface area contributed by atoms with Crippen molar-refractivity contribution in [3.63, 3.8) is 0 Å². The molecule has 0 aliphatic rings. The number of halogens is 2. The largest absolute Gasteiger partial charge is 0.309 e. The molecule has 0 unspecified atom stereocenters. The van der Waals surface area contributed by atoms with E-state index in [2.05, 4.69) is 15.0 Å².